The van der Waals surface area contributed by atoms with Crippen LogP contribution in [0, 0.1) is 26.7 Å². The number of likely N-dealkylation sites (tertiary alicyclic amines) is 2. The minimum Gasteiger partial charge on any atom is -0.322 e. The van der Waals surface area contributed by atoms with E-state index >= 15 is 0 Å². The number of nitrogens with one attached hydrogen (secondary N) is 1. The summed E-state index contributed by atoms with van der Waals surface area (Å²) in [6.07, 6.45) is 7.92. The third kappa shape index (κ3) is 6.59. The summed E-state index contributed by atoms with van der Waals surface area (Å²) in [5.41, 5.74) is 3.55. The second-order valence-electron chi connectivity index (χ2n) is 12.4. The molecule has 2 amide bonds. The number of anilines is 1. The highest BCUT2D eigenvalue weighted by Crippen LogP contribution is 2.34. The Bertz CT molecular complexity index is 1870. The van der Waals surface area contributed by atoms with Crippen molar-refractivity contribution in [2.45, 2.75) is 65.6 Å². The number of fused-ring (bicyclic) bond motifs is 1. The summed E-state index contributed by atoms with van der Waals surface area (Å²) in [6.45, 7) is 13.6. The Morgan fingerprint density at radius 2 is 1.81 bits per heavy atom. The molecule has 2 saturated heterocycles. The lowest BCUT2D eigenvalue weighted by atomic mass is 9.98. The maximum Gasteiger partial charge on any atom is 0.248 e. The maximum absolute atomic E-state index is 14.4. The van der Waals surface area contributed by atoms with Gasteiger partial charge in [0, 0.05) is 36.8 Å². The average Bonchev–Trinajstić information content (AvgIpc) is 3.77. The molecule has 13 heteroatoms. The fraction of sp³-hybridized carbons (Fsp3) is 0.412. The number of pyridine rings is 2. The average molecular weight is 701 g/mol. The first-order valence-electron chi connectivity index (χ1n) is 15.8. The molecule has 0 spiro atoms. The predicted molar refractivity (Wildman–Crippen MR) is 182 cm³/mol. The Morgan fingerprint density at radius 3 is 2.49 bits per heavy atom. The maximum atomic E-state index is 14.4. The molecule has 0 aromatic carbocycles. The first-order chi connectivity index (χ1) is 22.5. The van der Waals surface area contributed by atoms with Crippen molar-refractivity contribution >= 4 is 50.2 Å². The molecular formula is C34H38BrN9O3. The van der Waals surface area contributed by atoms with Crippen LogP contribution in [-0.4, -0.2) is 88.8 Å². The zero-order chi connectivity index (χ0) is 33.4. The Hall–Kier alpha value is -4.36. The van der Waals surface area contributed by atoms with Crippen molar-refractivity contribution < 1.29 is 14.4 Å². The smallest absolute Gasteiger partial charge is 0.248 e. The van der Waals surface area contributed by atoms with Crippen LogP contribution in [0.1, 0.15) is 53.8 Å². The SMILES string of the molecule is C=C[C@@H]1[C@@H](CN2CCCC2)C[C@@H](C(=O)Nc2nc(Br)ccc2C)N1C(=O)Cn1nc(C(C)=O)c2cc(-c3cnc(C)nc3)nc(C)c21. The van der Waals surface area contributed by atoms with Gasteiger partial charge in [0.2, 0.25) is 11.8 Å². The molecule has 6 rings (SSSR count). The number of aryl methyl sites for hydroxylation is 3. The van der Waals surface area contributed by atoms with Crippen molar-refractivity contribution in [1.82, 2.24) is 39.5 Å². The van der Waals surface area contributed by atoms with Gasteiger partial charge in [-0.05, 0) is 92.7 Å². The van der Waals surface area contributed by atoms with Crippen LogP contribution in [0.25, 0.3) is 22.2 Å². The van der Waals surface area contributed by atoms with Crippen molar-refractivity contribution in [2.24, 2.45) is 5.92 Å². The van der Waals surface area contributed by atoms with Gasteiger partial charge in [0.05, 0.1) is 22.9 Å². The Morgan fingerprint density at radius 1 is 1.09 bits per heavy atom. The van der Waals surface area contributed by atoms with Gasteiger partial charge in [-0.3, -0.25) is 24.0 Å². The molecule has 0 aliphatic carbocycles. The molecule has 0 radical (unpaired) electrons. The van der Waals surface area contributed by atoms with Crippen LogP contribution in [0.4, 0.5) is 5.82 Å². The van der Waals surface area contributed by atoms with E-state index in [1.54, 1.807) is 36.4 Å². The third-order valence-electron chi connectivity index (χ3n) is 9.09. The summed E-state index contributed by atoms with van der Waals surface area (Å²) in [6, 6.07) is 4.36. The highest BCUT2D eigenvalue weighted by atomic mass is 79.9. The fourth-order valence-electron chi connectivity index (χ4n) is 6.82. The van der Waals surface area contributed by atoms with Gasteiger partial charge in [0.1, 0.15) is 34.5 Å². The Balaban J connectivity index is 1.35. The van der Waals surface area contributed by atoms with Gasteiger partial charge in [-0.15, -0.1) is 6.58 Å². The number of carbonyl (C=O) groups is 3. The number of nitrogens with zero attached hydrogens (tertiary/aromatic N) is 8. The number of ketones is 1. The van der Waals surface area contributed by atoms with Gasteiger partial charge in [-0.2, -0.15) is 5.10 Å². The van der Waals surface area contributed by atoms with Crippen molar-refractivity contribution in [3.8, 4) is 11.3 Å². The largest absolute Gasteiger partial charge is 0.322 e. The van der Waals surface area contributed by atoms with Crippen LogP contribution in [0.15, 0.2) is 47.9 Å². The summed E-state index contributed by atoms with van der Waals surface area (Å²) in [5, 5.41) is 8.19. The number of hydrogen-bond donors (Lipinski definition) is 1. The minimum atomic E-state index is -0.750. The molecule has 2 aliphatic heterocycles. The number of halogens is 1. The molecule has 0 unspecified atom stereocenters. The summed E-state index contributed by atoms with van der Waals surface area (Å²) in [5.74, 6) is 0.262. The molecule has 4 aromatic heterocycles. The minimum absolute atomic E-state index is 0.0201. The summed E-state index contributed by atoms with van der Waals surface area (Å²) in [7, 11) is 0. The molecule has 0 saturated carbocycles. The molecule has 3 atom stereocenters. The Kier molecular flexibility index (Phi) is 9.29. The molecule has 4 aromatic rings. The van der Waals surface area contributed by atoms with Crippen LogP contribution >= 0.6 is 15.9 Å². The van der Waals surface area contributed by atoms with Crippen molar-refractivity contribution in [2.75, 3.05) is 25.0 Å². The fourth-order valence-corrected chi connectivity index (χ4v) is 7.13. The first kappa shape index (κ1) is 32.6. The van der Waals surface area contributed by atoms with Gasteiger partial charge >= 0.3 is 0 Å². The number of Topliss-reactive ketones (excluding diaryl/α,β-unsaturated/α-hetero) is 1. The molecular weight excluding hydrogens is 662 g/mol. The second-order valence-corrected chi connectivity index (χ2v) is 13.2. The number of rotatable bonds is 9. The van der Waals surface area contributed by atoms with Gasteiger partial charge in [0.15, 0.2) is 5.78 Å². The van der Waals surface area contributed by atoms with E-state index in [2.05, 4.69) is 52.8 Å². The standard InChI is InChI=1S/C34H38BrN9O3/c1-6-27-23(17-42-11-7-8-12-42)13-28(34(47)40-33-19(2)9-10-29(35)39-33)44(27)30(46)18-43-32-20(3)38-26(24-15-36-22(5)37-16-24)14-25(32)31(41-43)21(4)45/h6,9-10,14-16,23,27-28H,1,7-8,11-13,17-18H2,2-5H3,(H,39,40,47)/t23-,27-,28+/m1/s1. The van der Waals surface area contributed by atoms with E-state index in [9.17, 15) is 14.4 Å². The van der Waals surface area contributed by atoms with Crippen LogP contribution < -0.4 is 5.32 Å². The molecule has 1 N–H and O–H groups in total. The summed E-state index contributed by atoms with van der Waals surface area (Å²) in [4.78, 5) is 63.0. The van der Waals surface area contributed by atoms with Crippen LogP contribution in [0.3, 0.4) is 0 Å². The third-order valence-corrected chi connectivity index (χ3v) is 9.53. The van der Waals surface area contributed by atoms with E-state index < -0.39 is 6.04 Å². The van der Waals surface area contributed by atoms with Crippen LogP contribution in [0.5, 0.6) is 0 Å². The van der Waals surface area contributed by atoms with E-state index in [0.29, 0.717) is 50.5 Å². The molecule has 6 heterocycles. The second kappa shape index (κ2) is 13.4. The first-order valence-corrected chi connectivity index (χ1v) is 16.6. The molecule has 2 aliphatic rings. The molecule has 47 heavy (non-hydrogen) atoms. The molecule has 244 valence electrons. The zero-order valence-corrected chi connectivity index (χ0v) is 28.6. The number of carbonyl (C=O) groups excluding carboxylic acids is 3. The lowest BCUT2D eigenvalue weighted by Gasteiger charge is -2.30. The number of aromatic nitrogens is 6. The quantitative estimate of drug-likeness (QED) is 0.150. The van der Waals surface area contributed by atoms with Crippen molar-refractivity contribution in [3.05, 3.63) is 70.6 Å². The predicted octanol–water partition coefficient (Wildman–Crippen LogP) is 4.68. The van der Waals surface area contributed by atoms with Crippen molar-refractivity contribution in [1.29, 1.82) is 0 Å². The van der Waals surface area contributed by atoms with Crippen LogP contribution in [-0.2, 0) is 16.1 Å². The zero-order valence-electron chi connectivity index (χ0n) is 27.0. The lowest BCUT2D eigenvalue weighted by Crippen LogP contribution is -2.48. The summed E-state index contributed by atoms with van der Waals surface area (Å²) >= 11 is 3.39. The highest BCUT2D eigenvalue weighted by Gasteiger charge is 2.46. The molecule has 12 nitrogen and oxygen atoms in total. The highest BCUT2D eigenvalue weighted by molar-refractivity contribution is 9.10. The summed E-state index contributed by atoms with van der Waals surface area (Å²) < 4.78 is 2.14. The van der Waals surface area contributed by atoms with Crippen LogP contribution in [0.2, 0.25) is 0 Å². The number of amides is 2. The van der Waals surface area contributed by atoms with E-state index in [1.165, 1.54) is 11.6 Å². The number of hydrogen-bond acceptors (Lipinski definition) is 9. The van der Waals surface area contributed by atoms with Gasteiger partial charge < -0.3 is 15.1 Å². The molecule has 0 bridgehead atoms. The van der Waals surface area contributed by atoms with Gasteiger partial charge in [0.25, 0.3) is 0 Å². The lowest BCUT2D eigenvalue weighted by molar-refractivity contribution is -0.138. The van der Waals surface area contributed by atoms with Crippen molar-refractivity contribution in [3.63, 3.8) is 0 Å². The van der Waals surface area contributed by atoms with E-state index in [1.807, 2.05) is 26.0 Å². The monoisotopic (exact) mass is 699 g/mol. The van der Waals surface area contributed by atoms with E-state index in [4.69, 9.17) is 4.98 Å². The molecule has 2 fully saturated rings. The normalized spacial score (nSPS) is 19.8. The van der Waals surface area contributed by atoms with Gasteiger partial charge in [-0.1, -0.05) is 12.1 Å². The van der Waals surface area contributed by atoms with E-state index in [-0.39, 0.29) is 41.8 Å². The van der Waals surface area contributed by atoms with E-state index in [0.717, 1.165) is 38.0 Å². The topological polar surface area (TPSA) is 139 Å². The van der Waals surface area contributed by atoms with Gasteiger partial charge in [-0.25, -0.2) is 15.0 Å². The Labute approximate surface area is 281 Å².